The van der Waals surface area contributed by atoms with Crippen molar-refractivity contribution in [3.05, 3.63) is 66.0 Å². The first-order valence-corrected chi connectivity index (χ1v) is 11.2. The molecule has 2 aromatic carbocycles. The molecule has 2 amide bonds. The largest absolute Gasteiger partial charge is 0.352 e. The van der Waals surface area contributed by atoms with Gasteiger partial charge < -0.3 is 10.6 Å². The molecule has 3 rings (SSSR count). The number of carbonyl (C=O) groups is 2. The molecule has 0 radical (unpaired) electrons. The Bertz CT molecular complexity index is 1010. The third-order valence-corrected chi connectivity index (χ3v) is 6.26. The highest BCUT2D eigenvalue weighted by Gasteiger charge is 2.31. The fourth-order valence-corrected chi connectivity index (χ4v) is 4.18. The van der Waals surface area contributed by atoms with Crippen LogP contribution in [0.4, 0.5) is 4.39 Å². The fourth-order valence-electron chi connectivity index (χ4n) is 2.90. The minimum atomic E-state index is -4.25. The monoisotopic (exact) mass is 433 g/mol. The van der Waals surface area contributed by atoms with Gasteiger partial charge in [-0.05, 0) is 37.5 Å². The van der Waals surface area contributed by atoms with Crippen LogP contribution in [0.1, 0.15) is 25.3 Å². The van der Waals surface area contributed by atoms with Gasteiger partial charge in [-0.25, -0.2) is 12.8 Å². The molecular formula is C21H24FN3O4S. The Labute approximate surface area is 175 Å². The lowest BCUT2D eigenvalue weighted by atomic mass is 10.0. The highest BCUT2D eigenvalue weighted by atomic mass is 32.2. The lowest BCUT2D eigenvalue weighted by molar-refractivity contribution is -0.129. The van der Waals surface area contributed by atoms with Crippen molar-refractivity contribution < 1.29 is 22.4 Å². The molecule has 0 bridgehead atoms. The van der Waals surface area contributed by atoms with Crippen LogP contribution in [0.3, 0.4) is 0 Å². The highest BCUT2D eigenvalue weighted by Crippen LogP contribution is 2.19. The first kappa shape index (κ1) is 21.9. The molecule has 30 heavy (non-hydrogen) atoms. The molecule has 1 fully saturated rings. The summed E-state index contributed by atoms with van der Waals surface area (Å²) in [5, 5.41) is 5.47. The zero-order valence-electron chi connectivity index (χ0n) is 16.5. The summed E-state index contributed by atoms with van der Waals surface area (Å²) in [5.41, 5.74) is 0.855. The van der Waals surface area contributed by atoms with E-state index in [2.05, 4.69) is 15.4 Å². The quantitative estimate of drug-likeness (QED) is 0.557. The molecule has 0 aromatic heterocycles. The molecule has 0 aliphatic heterocycles. The number of hydrogen-bond donors (Lipinski definition) is 3. The van der Waals surface area contributed by atoms with Crippen molar-refractivity contribution in [2.75, 3.05) is 0 Å². The number of rotatable bonds is 9. The van der Waals surface area contributed by atoms with Crippen molar-refractivity contribution in [1.82, 2.24) is 15.4 Å². The van der Waals surface area contributed by atoms with E-state index >= 15 is 0 Å². The smallest absolute Gasteiger partial charge is 0.244 e. The van der Waals surface area contributed by atoms with Gasteiger partial charge in [0.05, 0.1) is 6.04 Å². The maximum atomic E-state index is 13.8. The fraction of sp³-hybridized carbons (Fsp3) is 0.333. The number of sulfonamides is 1. The van der Waals surface area contributed by atoms with E-state index in [1.54, 1.807) is 0 Å². The number of nitrogens with one attached hydrogen (secondary N) is 3. The van der Waals surface area contributed by atoms with Crippen LogP contribution in [-0.2, 0) is 26.0 Å². The number of hydrogen-bond acceptors (Lipinski definition) is 4. The van der Waals surface area contributed by atoms with Gasteiger partial charge in [0.2, 0.25) is 21.8 Å². The molecule has 7 nitrogen and oxygen atoms in total. The van der Waals surface area contributed by atoms with Gasteiger partial charge in [0, 0.05) is 12.5 Å². The molecule has 0 spiro atoms. The van der Waals surface area contributed by atoms with Crippen LogP contribution in [0.15, 0.2) is 59.5 Å². The molecule has 3 N–H and O–H groups in total. The Kier molecular flexibility index (Phi) is 6.84. The van der Waals surface area contributed by atoms with E-state index in [1.165, 1.54) is 19.1 Å². The zero-order chi connectivity index (χ0) is 21.7. The Hall–Kier alpha value is -2.78. The number of carbonyl (C=O) groups excluding carboxylic acids is 2. The second kappa shape index (κ2) is 9.36. The molecule has 1 aliphatic carbocycles. The highest BCUT2D eigenvalue weighted by molar-refractivity contribution is 7.89. The van der Waals surface area contributed by atoms with Gasteiger partial charge in [0.25, 0.3) is 0 Å². The SMILES string of the molecule is C[C@H](NS(=O)(=O)c1ccccc1F)C(=O)NC(Cc1ccccc1)C(=O)NC1CC1. The molecule has 9 heteroatoms. The van der Waals surface area contributed by atoms with Gasteiger partial charge >= 0.3 is 0 Å². The zero-order valence-corrected chi connectivity index (χ0v) is 17.3. The maximum absolute atomic E-state index is 13.8. The molecule has 2 aromatic rings. The van der Waals surface area contributed by atoms with Crippen molar-refractivity contribution in [2.45, 2.75) is 49.2 Å². The molecular weight excluding hydrogens is 409 g/mol. The summed E-state index contributed by atoms with van der Waals surface area (Å²) in [4.78, 5) is 24.7. The second-order valence-electron chi connectivity index (χ2n) is 7.31. The Morgan fingerprint density at radius 3 is 2.30 bits per heavy atom. The predicted molar refractivity (Wildman–Crippen MR) is 109 cm³/mol. The van der Waals surface area contributed by atoms with Crippen LogP contribution in [0.5, 0.6) is 0 Å². The molecule has 2 atom stereocenters. The molecule has 0 heterocycles. The van der Waals surface area contributed by atoms with Crippen LogP contribution < -0.4 is 15.4 Å². The molecule has 1 aliphatic rings. The molecule has 1 saturated carbocycles. The Morgan fingerprint density at radius 2 is 1.67 bits per heavy atom. The summed E-state index contributed by atoms with van der Waals surface area (Å²) >= 11 is 0. The predicted octanol–water partition coefficient (Wildman–Crippen LogP) is 1.50. The molecule has 1 unspecified atom stereocenters. The van der Waals surface area contributed by atoms with E-state index in [0.717, 1.165) is 30.5 Å². The van der Waals surface area contributed by atoms with Crippen LogP contribution in [0, 0.1) is 5.82 Å². The summed E-state index contributed by atoms with van der Waals surface area (Å²) in [6.45, 7) is 1.34. The normalized spacial score (nSPS) is 15.8. The number of benzene rings is 2. The summed E-state index contributed by atoms with van der Waals surface area (Å²) in [6, 6.07) is 12.1. The van der Waals surface area contributed by atoms with E-state index in [4.69, 9.17) is 0 Å². The van der Waals surface area contributed by atoms with Gasteiger partial charge in [-0.15, -0.1) is 0 Å². The van der Waals surface area contributed by atoms with E-state index in [1.807, 2.05) is 30.3 Å². The van der Waals surface area contributed by atoms with E-state index in [-0.39, 0.29) is 18.4 Å². The van der Waals surface area contributed by atoms with E-state index in [0.29, 0.717) is 0 Å². The van der Waals surface area contributed by atoms with Crippen LogP contribution in [-0.4, -0.2) is 38.4 Å². The van der Waals surface area contributed by atoms with Crippen molar-refractivity contribution in [2.24, 2.45) is 0 Å². The van der Waals surface area contributed by atoms with Gasteiger partial charge in [0.1, 0.15) is 16.8 Å². The molecule has 0 saturated heterocycles. The van der Waals surface area contributed by atoms with Crippen molar-refractivity contribution in [3.63, 3.8) is 0 Å². The lowest BCUT2D eigenvalue weighted by Crippen LogP contribution is -2.53. The Balaban J connectivity index is 1.69. The van der Waals surface area contributed by atoms with Gasteiger partial charge in [0.15, 0.2) is 0 Å². The lowest BCUT2D eigenvalue weighted by Gasteiger charge is -2.21. The van der Waals surface area contributed by atoms with Crippen LogP contribution in [0.2, 0.25) is 0 Å². The molecule has 160 valence electrons. The van der Waals surface area contributed by atoms with Gasteiger partial charge in [-0.1, -0.05) is 42.5 Å². The maximum Gasteiger partial charge on any atom is 0.244 e. The summed E-state index contributed by atoms with van der Waals surface area (Å²) in [7, 11) is -4.25. The van der Waals surface area contributed by atoms with Crippen LogP contribution in [0.25, 0.3) is 0 Å². The van der Waals surface area contributed by atoms with Crippen molar-refractivity contribution in [1.29, 1.82) is 0 Å². The standard InChI is InChI=1S/C21H24FN3O4S/c1-14(25-30(28,29)19-10-6-5-9-17(19)22)20(26)24-18(21(27)23-16-11-12-16)13-15-7-3-2-4-8-15/h2-10,14,16,18,25H,11-13H2,1H3,(H,23,27)(H,24,26)/t14-,18?/m0/s1. The first-order valence-electron chi connectivity index (χ1n) is 9.68. The van der Waals surface area contributed by atoms with Crippen molar-refractivity contribution in [3.8, 4) is 0 Å². The van der Waals surface area contributed by atoms with E-state index < -0.39 is 38.7 Å². The summed E-state index contributed by atoms with van der Waals surface area (Å²) < 4.78 is 40.9. The summed E-state index contributed by atoms with van der Waals surface area (Å²) in [6.07, 6.45) is 2.06. The van der Waals surface area contributed by atoms with Crippen molar-refractivity contribution >= 4 is 21.8 Å². The number of amides is 2. The minimum absolute atomic E-state index is 0.115. The topological polar surface area (TPSA) is 104 Å². The minimum Gasteiger partial charge on any atom is -0.352 e. The third-order valence-electron chi connectivity index (χ3n) is 4.69. The van der Waals surface area contributed by atoms with Gasteiger partial charge in [-0.2, -0.15) is 4.72 Å². The third kappa shape index (κ3) is 5.87. The van der Waals surface area contributed by atoms with Crippen LogP contribution >= 0.6 is 0 Å². The Morgan fingerprint density at radius 1 is 1.03 bits per heavy atom. The average molecular weight is 434 g/mol. The summed E-state index contributed by atoms with van der Waals surface area (Å²) in [5.74, 6) is -1.91. The van der Waals surface area contributed by atoms with Gasteiger partial charge in [-0.3, -0.25) is 9.59 Å². The average Bonchev–Trinajstić information content (AvgIpc) is 3.52. The first-order chi connectivity index (χ1) is 14.3. The van der Waals surface area contributed by atoms with E-state index in [9.17, 15) is 22.4 Å². The second-order valence-corrected chi connectivity index (χ2v) is 8.99. The number of halogens is 1.